The number of benzene rings is 4. The molecule has 0 aromatic heterocycles. The third-order valence-electron chi connectivity index (χ3n) is 5.82. The fourth-order valence-electron chi connectivity index (χ4n) is 4.20. The summed E-state index contributed by atoms with van der Waals surface area (Å²) in [5.74, 6) is 0.795. The van der Waals surface area contributed by atoms with Gasteiger partial charge in [0.1, 0.15) is 11.2 Å². The highest BCUT2D eigenvalue weighted by Crippen LogP contribution is 2.39. The van der Waals surface area contributed by atoms with Gasteiger partial charge in [-0.2, -0.15) is 0 Å². The quantitative estimate of drug-likeness (QED) is 0.388. The van der Waals surface area contributed by atoms with Gasteiger partial charge in [0.15, 0.2) is 0 Å². The number of methoxy groups -OCH3 is 1. The van der Waals surface area contributed by atoms with Gasteiger partial charge in [0, 0.05) is 6.54 Å². The number of rotatable bonds is 8. The summed E-state index contributed by atoms with van der Waals surface area (Å²) in [7, 11) is 1.66. The molecule has 3 heteroatoms. The van der Waals surface area contributed by atoms with E-state index in [1.807, 2.05) is 115 Å². The molecular formula is C29H27NO2. The maximum Gasteiger partial charge on any atom is 0.239 e. The lowest BCUT2D eigenvalue weighted by atomic mass is 9.68. The molecule has 4 aromatic rings. The van der Waals surface area contributed by atoms with E-state index in [0.717, 1.165) is 34.4 Å². The Labute approximate surface area is 189 Å². The summed E-state index contributed by atoms with van der Waals surface area (Å²) in [6.45, 7) is 0.541. The van der Waals surface area contributed by atoms with Gasteiger partial charge in [0.2, 0.25) is 5.91 Å². The van der Waals surface area contributed by atoms with Gasteiger partial charge < -0.3 is 10.1 Å². The minimum Gasteiger partial charge on any atom is -0.497 e. The van der Waals surface area contributed by atoms with E-state index in [-0.39, 0.29) is 5.91 Å². The fourth-order valence-corrected chi connectivity index (χ4v) is 4.20. The van der Waals surface area contributed by atoms with Gasteiger partial charge in [0.25, 0.3) is 0 Å². The zero-order valence-corrected chi connectivity index (χ0v) is 18.2. The van der Waals surface area contributed by atoms with Crippen LogP contribution in [0.2, 0.25) is 0 Å². The van der Waals surface area contributed by atoms with Crippen molar-refractivity contribution in [2.75, 3.05) is 13.7 Å². The van der Waals surface area contributed by atoms with Crippen LogP contribution in [0.5, 0.6) is 5.75 Å². The zero-order chi connectivity index (χ0) is 22.2. The molecular weight excluding hydrogens is 394 g/mol. The van der Waals surface area contributed by atoms with Gasteiger partial charge >= 0.3 is 0 Å². The molecule has 1 N–H and O–H groups in total. The number of nitrogens with one attached hydrogen (secondary N) is 1. The van der Waals surface area contributed by atoms with Gasteiger partial charge in [-0.25, -0.2) is 0 Å². The summed E-state index contributed by atoms with van der Waals surface area (Å²) in [5.41, 5.74) is 3.04. The molecule has 0 aliphatic rings. The zero-order valence-electron chi connectivity index (χ0n) is 18.2. The highest BCUT2D eigenvalue weighted by atomic mass is 16.5. The van der Waals surface area contributed by atoms with Crippen molar-refractivity contribution in [3.05, 3.63) is 138 Å². The average Bonchev–Trinajstić information content (AvgIpc) is 2.87. The maximum absolute atomic E-state index is 14.0. The predicted octanol–water partition coefficient (Wildman–Crippen LogP) is 5.39. The van der Waals surface area contributed by atoms with E-state index < -0.39 is 5.41 Å². The minimum atomic E-state index is -0.941. The molecule has 0 heterocycles. The average molecular weight is 422 g/mol. The molecule has 0 saturated heterocycles. The first kappa shape index (κ1) is 21.4. The summed E-state index contributed by atoms with van der Waals surface area (Å²) in [5, 5.41) is 3.23. The van der Waals surface area contributed by atoms with Crippen LogP contribution in [0.25, 0.3) is 0 Å². The lowest BCUT2D eigenvalue weighted by molar-refractivity contribution is -0.124. The van der Waals surface area contributed by atoms with Crippen LogP contribution in [0.15, 0.2) is 115 Å². The molecule has 0 bridgehead atoms. The van der Waals surface area contributed by atoms with Crippen molar-refractivity contribution >= 4 is 5.91 Å². The van der Waals surface area contributed by atoms with Crippen molar-refractivity contribution in [3.8, 4) is 5.75 Å². The summed E-state index contributed by atoms with van der Waals surface area (Å²) in [6, 6.07) is 38.0. The monoisotopic (exact) mass is 421 g/mol. The summed E-state index contributed by atoms with van der Waals surface area (Å²) in [4.78, 5) is 14.0. The van der Waals surface area contributed by atoms with Crippen LogP contribution in [-0.4, -0.2) is 19.6 Å². The van der Waals surface area contributed by atoms with Gasteiger partial charge in [-0.05, 0) is 40.8 Å². The molecule has 4 rings (SSSR count). The summed E-state index contributed by atoms with van der Waals surface area (Å²) >= 11 is 0. The molecule has 0 unspecified atom stereocenters. The van der Waals surface area contributed by atoms with Crippen molar-refractivity contribution < 1.29 is 9.53 Å². The second kappa shape index (κ2) is 9.97. The number of hydrogen-bond acceptors (Lipinski definition) is 2. The Bertz CT molecular complexity index is 1030. The van der Waals surface area contributed by atoms with E-state index >= 15 is 0 Å². The van der Waals surface area contributed by atoms with Crippen LogP contribution in [-0.2, 0) is 16.6 Å². The largest absolute Gasteiger partial charge is 0.497 e. The molecule has 0 aliphatic carbocycles. The van der Waals surface area contributed by atoms with Crippen LogP contribution in [0.4, 0.5) is 0 Å². The van der Waals surface area contributed by atoms with E-state index in [2.05, 4.69) is 5.32 Å². The normalized spacial score (nSPS) is 11.0. The standard InChI is InChI=1S/C29H27NO2/c1-32-27-19-17-23(18-20-27)21-22-30-28(31)29(24-11-5-2-6-12-24,25-13-7-3-8-14-25)26-15-9-4-10-16-26/h2-20H,21-22H2,1H3,(H,30,31). The van der Waals surface area contributed by atoms with Crippen LogP contribution < -0.4 is 10.1 Å². The molecule has 0 radical (unpaired) electrons. The van der Waals surface area contributed by atoms with E-state index in [9.17, 15) is 4.79 Å². The second-order valence-corrected chi connectivity index (χ2v) is 7.70. The second-order valence-electron chi connectivity index (χ2n) is 7.70. The van der Waals surface area contributed by atoms with Crippen molar-refractivity contribution in [1.29, 1.82) is 0 Å². The summed E-state index contributed by atoms with van der Waals surface area (Å²) in [6.07, 6.45) is 0.740. The highest BCUT2D eigenvalue weighted by Gasteiger charge is 2.43. The Morgan fingerprint density at radius 1 is 0.688 bits per heavy atom. The van der Waals surface area contributed by atoms with Crippen molar-refractivity contribution in [2.24, 2.45) is 0 Å². The molecule has 0 aliphatic heterocycles. The number of hydrogen-bond donors (Lipinski definition) is 1. The minimum absolute atomic E-state index is 0.0328. The maximum atomic E-state index is 14.0. The van der Waals surface area contributed by atoms with Crippen LogP contribution >= 0.6 is 0 Å². The van der Waals surface area contributed by atoms with Gasteiger partial charge in [-0.15, -0.1) is 0 Å². The Morgan fingerprint density at radius 3 is 1.53 bits per heavy atom. The van der Waals surface area contributed by atoms with Crippen molar-refractivity contribution in [3.63, 3.8) is 0 Å². The fraction of sp³-hybridized carbons (Fsp3) is 0.138. The molecule has 0 spiro atoms. The Kier molecular flexibility index (Phi) is 6.66. The smallest absolute Gasteiger partial charge is 0.239 e. The molecule has 32 heavy (non-hydrogen) atoms. The SMILES string of the molecule is COc1ccc(CCNC(=O)C(c2ccccc2)(c2ccccc2)c2ccccc2)cc1. The Hall–Kier alpha value is -3.85. The van der Waals surface area contributed by atoms with Crippen molar-refractivity contribution in [1.82, 2.24) is 5.32 Å². The molecule has 1 amide bonds. The van der Waals surface area contributed by atoms with E-state index in [4.69, 9.17) is 4.74 Å². The van der Waals surface area contributed by atoms with Crippen LogP contribution in [0.1, 0.15) is 22.3 Å². The number of ether oxygens (including phenoxy) is 1. The molecule has 0 fully saturated rings. The lowest BCUT2D eigenvalue weighted by Gasteiger charge is -2.34. The molecule has 0 saturated carbocycles. The van der Waals surface area contributed by atoms with Crippen LogP contribution in [0, 0.1) is 0 Å². The first-order valence-corrected chi connectivity index (χ1v) is 10.8. The third-order valence-corrected chi connectivity index (χ3v) is 5.82. The van der Waals surface area contributed by atoms with E-state index in [1.165, 1.54) is 0 Å². The number of carbonyl (C=O) groups is 1. The van der Waals surface area contributed by atoms with Crippen molar-refractivity contribution in [2.45, 2.75) is 11.8 Å². The molecule has 4 aromatic carbocycles. The van der Waals surface area contributed by atoms with Crippen LogP contribution in [0.3, 0.4) is 0 Å². The number of amides is 1. The molecule has 160 valence electrons. The first-order valence-electron chi connectivity index (χ1n) is 10.8. The molecule has 3 nitrogen and oxygen atoms in total. The predicted molar refractivity (Wildman–Crippen MR) is 129 cm³/mol. The number of carbonyl (C=O) groups excluding carboxylic acids is 1. The van der Waals surface area contributed by atoms with E-state index in [1.54, 1.807) is 7.11 Å². The van der Waals surface area contributed by atoms with Gasteiger partial charge in [-0.1, -0.05) is 103 Å². The lowest BCUT2D eigenvalue weighted by Crippen LogP contribution is -2.46. The third kappa shape index (κ3) is 4.28. The van der Waals surface area contributed by atoms with Gasteiger partial charge in [-0.3, -0.25) is 4.79 Å². The molecule has 0 atom stereocenters. The van der Waals surface area contributed by atoms with Gasteiger partial charge in [0.05, 0.1) is 7.11 Å². The first-order chi connectivity index (χ1) is 15.7. The highest BCUT2D eigenvalue weighted by molar-refractivity contribution is 5.96. The topological polar surface area (TPSA) is 38.3 Å². The Balaban J connectivity index is 1.70. The van der Waals surface area contributed by atoms with E-state index in [0.29, 0.717) is 6.54 Å². The summed E-state index contributed by atoms with van der Waals surface area (Å²) < 4.78 is 5.23. The Morgan fingerprint density at radius 2 is 1.12 bits per heavy atom.